The van der Waals surface area contributed by atoms with Gasteiger partial charge in [-0.15, -0.1) is 5.10 Å². The summed E-state index contributed by atoms with van der Waals surface area (Å²) in [6, 6.07) is 8.96. The first-order valence-electron chi connectivity index (χ1n) is 5.86. The fourth-order valence-electron chi connectivity index (χ4n) is 1.77. The Morgan fingerprint density at radius 2 is 2.21 bits per heavy atom. The van der Waals surface area contributed by atoms with Crippen LogP contribution in [0.4, 0.5) is 0 Å². The number of para-hydroxylation sites is 1. The molecule has 19 heavy (non-hydrogen) atoms. The van der Waals surface area contributed by atoms with Crippen molar-refractivity contribution in [2.45, 2.75) is 19.8 Å². The summed E-state index contributed by atoms with van der Waals surface area (Å²) in [7, 11) is 0. The maximum atomic E-state index is 11.0. The molecule has 0 unspecified atom stereocenters. The summed E-state index contributed by atoms with van der Waals surface area (Å²) in [5.41, 5.74) is 0.982. The molecule has 1 aromatic heterocycles. The van der Waals surface area contributed by atoms with Crippen molar-refractivity contribution in [3.8, 4) is 11.8 Å². The van der Waals surface area contributed by atoms with E-state index in [2.05, 4.69) is 16.2 Å². The van der Waals surface area contributed by atoms with E-state index in [0.717, 1.165) is 6.42 Å². The highest BCUT2D eigenvalue weighted by molar-refractivity contribution is 5.83. The number of aromatic carboxylic acids is 1. The molecule has 6 heteroatoms. The molecular weight excluding hydrogens is 244 g/mol. The van der Waals surface area contributed by atoms with Gasteiger partial charge in [0.15, 0.2) is 0 Å². The van der Waals surface area contributed by atoms with E-state index in [1.165, 1.54) is 4.68 Å². The molecule has 0 aliphatic heterocycles. The largest absolute Gasteiger partial charge is 0.475 e. The van der Waals surface area contributed by atoms with Gasteiger partial charge in [-0.2, -0.15) is 5.26 Å². The molecule has 0 aliphatic rings. The van der Waals surface area contributed by atoms with E-state index in [0.29, 0.717) is 23.5 Å². The minimum Gasteiger partial charge on any atom is -0.475 e. The fourth-order valence-corrected chi connectivity index (χ4v) is 1.77. The predicted octanol–water partition coefficient (Wildman–Crippen LogP) is 1.79. The van der Waals surface area contributed by atoms with Gasteiger partial charge in [-0.05, 0) is 18.6 Å². The van der Waals surface area contributed by atoms with Gasteiger partial charge < -0.3 is 5.11 Å². The van der Waals surface area contributed by atoms with E-state index in [9.17, 15) is 4.79 Å². The summed E-state index contributed by atoms with van der Waals surface area (Å²) in [5.74, 6) is -0.885. The molecule has 0 aliphatic carbocycles. The number of benzene rings is 1. The van der Waals surface area contributed by atoms with E-state index in [1.807, 2.05) is 6.92 Å². The predicted molar refractivity (Wildman–Crippen MR) is 67.0 cm³/mol. The number of carbonyl (C=O) groups is 1. The summed E-state index contributed by atoms with van der Waals surface area (Å²) in [6.45, 7) is 1.97. The van der Waals surface area contributed by atoms with Crippen molar-refractivity contribution in [2.24, 2.45) is 0 Å². The highest BCUT2D eigenvalue weighted by Gasteiger charge is 2.17. The normalized spacial score (nSPS) is 10.1. The first-order chi connectivity index (χ1) is 9.17. The number of carboxylic acids is 1. The van der Waals surface area contributed by atoms with Crippen LogP contribution < -0.4 is 0 Å². The Labute approximate surface area is 109 Å². The Bertz CT molecular complexity index is 655. The van der Waals surface area contributed by atoms with Crippen LogP contribution in [-0.4, -0.2) is 25.8 Å². The maximum Gasteiger partial charge on any atom is 0.375 e. The Hall–Kier alpha value is -2.68. The average molecular weight is 256 g/mol. The lowest BCUT2D eigenvalue weighted by Crippen LogP contribution is -2.05. The molecule has 0 saturated carbocycles. The first kappa shape index (κ1) is 12.8. The number of aromatic nitrogens is 3. The lowest BCUT2D eigenvalue weighted by atomic mass is 10.2. The van der Waals surface area contributed by atoms with E-state index in [-0.39, 0.29) is 5.82 Å². The molecule has 1 aromatic carbocycles. The lowest BCUT2D eigenvalue weighted by molar-refractivity contribution is 0.0683. The van der Waals surface area contributed by atoms with Crippen molar-refractivity contribution < 1.29 is 9.90 Å². The number of nitriles is 1. The molecule has 0 atom stereocenters. The van der Waals surface area contributed by atoms with Gasteiger partial charge in [0.2, 0.25) is 0 Å². The molecular formula is C13H12N4O2. The molecule has 2 aromatic rings. The van der Waals surface area contributed by atoms with Crippen LogP contribution in [0.25, 0.3) is 5.69 Å². The topological polar surface area (TPSA) is 91.8 Å². The summed E-state index contributed by atoms with van der Waals surface area (Å²) >= 11 is 0. The van der Waals surface area contributed by atoms with E-state index in [4.69, 9.17) is 10.4 Å². The number of hydrogen-bond acceptors (Lipinski definition) is 4. The van der Waals surface area contributed by atoms with Crippen molar-refractivity contribution >= 4 is 5.97 Å². The van der Waals surface area contributed by atoms with Gasteiger partial charge in [0.1, 0.15) is 11.9 Å². The van der Waals surface area contributed by atoms with Crippen LogP contribution in [0.3, 0.4) is 0 Å². The first-order valence-corrected chi connectivity index (χ1v) is 5.86. The zero-order valence-corrected chi connectivity index (χ0v) is 10.4. The van der Waals surface area contributed by atoms with Gasteiger partial charge >= 0.3 is 5.97 Å². The third kappa shape index (κ3) is 2.45. The van der Waals surface area contributed by atoms with Crippen LogP contribution in [0.15, 0.2) is 24.3 Å². The SMILES string of the molecule is CCCc1nc(C(=O)O)nn1-c1ccccc1C#N. The van der Waals surface area contributed by atoms with Crippen LogP contribution >= 0.6 is 0 Å². The second kappa shape index (κ2) is 5.31. The summed E-state index contributed by atoms with van der Waals surface area (Å²) in [5, 5.41) is 22.0. The number of rotatable bonds is 4. The zero-order valence-electron chi connectivity index (χ0n) is 10.4. The third-order valence-corrected chi connectivity index (χ3v) is 2.59. The van der Waals surface area contributed by atoms with Crippen molar-refractivity contribution in [3.05, 3.63) is 41.5 Å². The van der Waals surface area contributed by atoms with Crippen LogP contribution in [-0.2, 0) is 6.42 Å². The number of nitrogens with zero attached hydrogens (tertiary/aromatic N) is 4. The van der Waals surface area contributed by atoms with Gasteiger partial charge in [0, 0.05) is 6.42 Å². The van der Waals surface area contributed by atoms with Gasteiger partial charge in [0.05, 0.1) is 11.3 Å². The zero-order chi connectivity index (χ0) is 13.8. The molecule has 0 amide bonds. The summed E-state index contributed by atoms with van der Waals surface area (Å²) < 4.78 is 1.44. The average Bonchev–Trinajstić information content (AvgIpc) is 2.83. The van der Waals surface area contributed by atoms with E-state index >= 15 is 0 Å². The Morgan fingerprint density at radius 3 is 2.84 bits per heavy atom. The second-order valence-corrected chi connectivity index (χ2v) is 3.95. The second-order valence-electron chi connectivity index (χ2n) is 3.95. The molecule has 0 saturated heterocycles. The number of carboxylic acid groups (broad SMARTS) is 1. The standard InChI is InChI=1S/C13H12N4O2/c1-2-5-11-15-12(13(18)19)16-17(11)10-7-4-3-6-9(10)8-14/h3-4,6-7H,2,5H2,1H3,(H,18,19). The third-order valence-electron chi connectivity index (χ3n) is 2.59. The molecule has 0 bridgehead atoms. The quantitative estimate of drug-likeness (QED) is 0.900. The number of hydrogen-bond donors (Lipinski definition) is 1. The highest BCUT2D eigenvalue weighted by Crippen LogP contribution is 2.16. The molecule has 0 fully saturated rings. The summed E-state index contributed by atoms with van der Waals surface area (Å²) in [6.07, 6.45) is 1.41. The molecule has 1 heterocycles. The van der Waals surface area contributed by atoms with E-state index in [1.54, 1.807) is 24.3 Å². The molecule has 96 valence electrons. The molecule has 0 radical (unpaired) electrons. The Balaban J connectivity index is 2.60. The van der Waals surface area contributed by atoms with E-state index < -0.39 is 5.97 Å². The monoisotopic (exact) mass is 256 g/mol. The van der Waals surface area contributed by atoms with Gasteiger partial charge in [-0.3, -0.25) is 0 Å². The van der Waals surface area contributed by atoms with Gasteiger partial charge in [0.25, 0.3) is 5.82 Å². The van der Waals surface area contributed by atoms with Crippen LogP contribution in [0, 0.1) is 11.3 Å². The van der Waals surface area contributed by atoms with Crippen molar-refractivity contribution in [1.82, 2.24) is 14.8 Å². The molecule has 6 nitrogen and oxygen atoms in total. The fraction of sp³-hybridized carbons (Fsp3) is 0.231. The van der Waals surface area contributed by atoms with Gasteiger partial charge in [-0.1, -0.05) is 19.1 Å². The van der Waals surface area contributed by atoms with Crippen molar-refractivity contribution in [2.75, 3.05) is 0 Å². The maximum absolute atomic E-state index is 11.0. The van der Waals surface area contributed by atoms with Crippen molar-refractivity contribution in [1.29, 1.82) is 5.26 Å². The molecule has 0 spiro atoms. The summed E-state index contributed by atoms with van der Waals surface area (Å²) in [4.78, 5) is 14.9. The molecule has 1 N–H and O–H groups in total. The highest BCUT2D eigenvalue weighted by atomic mass is 16.4. The Morgan fingerprint density at radius 1 is 1.47 bits per heavy atom. The van der Waals surface area contributed by atoms with Crippen LogP contribution in [0.5, 0.6) is 0 Å². The van der Waals surface area contributed by atoms with Gasteiger partial charge in [-0.25, -0.2) is 14.5 Å². The molecule has 2 rings (SSSR count). The lowest BCUT2D eigenvalue weighted by Gasteiger charge is -2.06. The number of aryl methyl sites for hydroxylation is 1. The minimum atomic E-state index is -1.18. The smallest absolute Gasteiger partial charge is 0.375 e. The van der Waals surface area contributed by atoms with Crippen molar-refractivity contribution in [3.63, 3.8) is 0 Å². The Kier molecular flexibility index (Phi) is 3.57. The minimum absolute atomic E-state index is 0.254. The van der Waals surface area contributed by atoms with Crippen LogP contribution in [0.2, 0.25) is 0 Å². The van der Waals surface area contributed by atoms with Crippen LogP contribution in [0.1, 0.15) is 35.4 Å².